The Morgan fingerprint density at radius 1 is 1.05 bits per heavy atom. The smallest absolute Gasteiger partial charge is 0.118 e. The second kappa shape index (κ2) is 6.96. The zero-order chi connectivity index (χ0) is 14.4. The van der Waals surface area contributed by atoms with Gasteiger partial charge in [0.15, 0.2) is 0 Å². The Balaban J connectivity index is 2.12. The lowest BCUT2D eigenvalue weighted by Gasteiger charge is -2.22. The summed E-state index contributed by atoms with van der Waals surface area (Å²) in [7, 11) is 5.79. The molecule has 106 valence electrons. The van der Waals surface area contributed by atoms with Gasteiger partial charge < -0.3 is 15.0 Å². The molecule has 20 heavy (non-hydrogen) atoms. The fourth-order valence-corrected chi connectivity index (χ4v) is 2.31. The number of nitrogens with zero attached hydrogens (tertiary/aromatic N) is 1. The summed E-state index contributed by atoms with van der Waals surface area (Å²) in [4.78, 5) is 2.27. The normalized spacial score (nSPS) is 10.3. The van der Waals surface area contributed by atoms with Crippen molar-refractivity contribution in [3.8, 4) is 5.75 Å². The minimum absolute atomic E-state index is 0.878. The molecule has 0 radical (unpaired) electrons. The highest BCUT2D eigenvalue weighted by Crippen LogP contribution is 2.21. The van der Waals surface area contributed by atoms with Gasteiger partial charge in [-0.1, -0.05) is 30.3 Å². The summed E-state index contributed by atoms with van der Waals surface area (Å²) in [5.74, 6) is 0.895. The van der Waals surface area contributed by atoms with E-state index in [1.165, 1.54) is 16.8 Å². The lowest BCUT2D eigenvalue weighted by atomic mass is 10.1. The Labute approximate surface area is 121 Å². The summed E-state index contributed by atoms with van der Waals surface area (Å²) in [6.45, 7) is 1.76. The summed E-state index contributed by atoms with van der Waals surface area (Å²) in [6.07, 6.45) is 0. The Hall–Kier alpha value is -2.00. The third-order valence-electron chi connectivity index (χ3n) is 3.35. The molecule has 2 aromatic carbocycles. The fourth-order valence-electron chi connectivity index (χ4n) is 2.31. The molecule has 0 spiro atoms. The molecule has 0 saturated heterocycles. The van der Waals surface area contributed by atoms with Crippen molar-refractivity contribution in [1.29, 1.82) is 0 Å². The monoisotopic (exact) mass is 270 g/mol. The molecule has 2 rings (SSSR count). The van der Waals surface area contributed by atoms with Gasteiger partial charge in [0.25, 0.3) is 0 Å². The first-order valence-electron chi connectivity index (χ1n) is 6.81. The Kier molecular flexibility index (Phi) is 5.02. The van der Waals surface area contributed by atoms with Crippen molar-refractivity contribution in [3.05, 3.63) is 59.7 Å². The van der Waals surface area contributed by atoms with E-state index in [2.05, 4.69) is 53.7 Å². The lowest BCUT2D eigenvalue weighted by Crippen LogP contribution is -2.19. The van der Waals surface area contributed by atoms with Crippen LogP contribution in [0, 0.1) is 0 Å². The number of nitrogens with one attached hydrogen (secondary N) is 1. The Bertz CT molecular complexity index is 537. The van der Waals surface area contributed by atoms with Crippen molar-refractivity contribution >= 4 is 5.69 Å². The topological polar surface area (TPSA) is 24.5 Å². The summed E-state index contributed by atoms with van der Waals surface area (Å²) in [5, 5.41) is 3.22. The lowest BCUT2D eigenvalue weighted by molar-refractivity contribution is 0.414. The molecule has 0 amide bonds. The zero-order valence-corrected chi connectivity index (χ0v) is 12.4. The average Bonchev–Trinajstić information content (AvgIpc) is 2.49. The summed E-state index contributed by atoms with van der Waals surface area (Å²) < 4.78 is 5.19. The van der Waals surface area contributed by atoms with Gasteiger partial charge in [-0.2, -0.15) is 0 Å². The van der Waals surface area contributed by atoms with Crippen LogP contribution in [0.4, 0.5) is 5.69 Å². The number of anilines is 1. The van der Waals surface area contributed by atoms with Crippen LogP contribution < -0.4 is 15.0 Å². The molecule has 3 nitrogen and oxygen atoms in total. The molecule has 0 aromatic heterocycles. The molecule has 0 atom stereocenters. The van der Waals surface area contributed by atoms with E-state index in [-0.39, 0.29) is 0 Å². The van der Waals surface area contributed by atoms with Crippen molar-refractivity contribution in [1.82, 2.24) is 5.32 Å². The quantitative estimate of drug-likeness (QED) is 0.873. The van der Waals surface area contributed by atoms with Gasteiger partial charge >= 0.3 is 0 Å². The van der Waals surface area contributed by atoms with Gasteiger partial charge in [0, 0.05) is 25.8 Å². The van der Waals surface area contributed by atoms with Crippen LogP contribution in [-0.4, -0.2) is 21.2 Å². The number of para-hydroxylation sites is 1. The summed E-state index contributed by atoms with van der Waals surface area (Å²) in [5.41, 5.74) is 3.84. The molecule has 1 N–H and O–H groups in total. The fraction of sp³-hybridized carbons (Fsp3) is 0.294. The van der Waals surface area contributed by atoms with E-state index in [1.807, 2.05) is 19.2 Å². The Morgan fingerprint density at radius 2 is 1.75 bits per heavy atom. The minimum Gasteiger partial charge on any atom is -0.497 e. The van der Waals surface area contributed by atoms with Crippen molar-refractivity contribution < 1.29 is 4.74 Å². The maximum Gasteiger partial charge on any atom is 0.118 e. The molecule has 0 heterocycles. The minimum atomic E-state index is 0.878. The van der Waals surface area contributed by atoms with Gasteiger partial charge in [-0.15, -0.1) is 0 Å². The summed E-state index contributed by atoms with van der Waals surface area (Å²) >= 11 is 0. The van der Waals surface area contributed by atoms with E-state index < -0.39 is 0 Å². The van der Waals surface area contributed by atoms with Gasteiger partial charge in [0.2, 0.25) is 0 Å². The van der Waals surface area contributed by atoms with Gasteiger partial charge in [0.05, 0.1) is 7.11 Å². The Morgan fingerprint density at radius 3 is 2.40 bits per heavy atom. The number of methoxy groups -OCH3 is 1. The van der Waals surface area contributed by atoms with Crippen LogP contribution in [0.25, 0.3) is 0 Å². The van der Waals surface area contributed by atoms with Crippen LogP contribution in [0.2, 0.25) is 0 Å². The van der Waals surface area contributed by atoms with Crippen molar-refractivity contribution in [2.24, 2.45) is 0 Å². The standard InChI is InChI=1S/C17H22N2O/c1-18-12-15-6-4-5-7-17(15)19(2)13-14-8-10-16(20-3)11-9-14/h4-11,18H,12-13H2,1-3H3. The van der Waals surface area contributed by atoms with Crippen molar-refractivity contribution in [2.45, 2.75) is 13.1 Å². The van der Waals surface area contributed by atoms with Gasteiger partial charge in [-0.25, -0.2) is 0 Å². The van der Waals surface area contributed by atoms with Crippen LogP contribution in [0.15, 0.2) is 48.5 Å². The first-order valence-corrected chi connectivity index (χ1v) is 6.81. The van der Waals surface area contributed by atoms with E-state index in [0.29, 0.717) is 0 Å². The second-order valence-corrected chi connectivity index (χ2v) is 4.86. The van der Waals surface area contributed by atoms with Crippen LogP contribution >= 0.6 is 0 Å². The van der Waals surface area contributed by atoms with Crippen molar-refractivity contribution in [2.75, 3.05) is 26.1 Å². The molecule has 2 aromatic rings. The second-order valence-electron chi connectivity index (χ2n) is 4.86. The van der Waals surface area contributed by atoms with Gasteiger partial charge in [-0.3, -0.25) is 0 Å². The molecule has 0 saturated carbocycles. The number of hydrogen-bond donors (Lipinski definition) is 1. The largest absolute Gasteiger partial charge is 0.497 e. The van der Waals surface area contributed by atoms with Gasteiger partial charge in [0.1, 0.15) is 5.75 Å². The van der Waals surface area contributed by atoms with E-state index >= 15 is 0 Å². The molecule has 0 aliphatic carbocycles. The predicted octanol–water partition coefficient (Wildman–Crippen LogP) is 3.05. The highest BCUT2D eigenvalue weighted by atomic mass is 16.5. The molecule has 0 fully saturated rings. The molecular formula is C17H22N2O. The maximum atomic E-state index is 5.19. The van der Waals surface area contributed by atoms with Gasteiger partial charge in [-0.05, 0) is 36.4 Å². The van der Waals surface area contributed by atoms with E-state index in [1.54, 1.807) is 7.11 Å². The first kappa shape index (κ1) is 14.4. The maximum absolute atomic E-state index is 5.19. The molecule has 0 bridgehead atoms. The van der Waals surface area contributed by atoms with Crippen LogP contribution in [0.5, 0.6) is 5.75 Å². The number of ether oxygens (including phenoxy) is 1. The summed E-state index contributed by atoms with van der Waals surface area (Å²) in [6, 6.07) is 16.7. The number of benzene rings is 2. The third kappa shape index (κ3) is 3.52. The molecular weight excluding hydrogens is 248 g/mol. The molecule has 0 aliphatic rings. The number of rotatable bonds is 6. The van der Waals surface area contributed by atoms with Crippen LogP contribution in [-0.2, 0) is 13.1 Å². The predicted molar refractivity (Wildman–Crippen MR) is 84.3 cm³/mol. The third-order valence-corrected chi connectivity index (χ3v) is 3.35. The van der Waals surface area contributed by atoms with Crippen molar-refractivity contribution in [3.63, 3.8) is 0 Å². The average molecular weight is 270 g/mol. The van der Waals surface area contributed by atoms with Crippen LogP contribution in [0.1, 0.15) is 11.1 Å². The first-order chi connectivity index (χ1) is 9.74. The van der Waals surface area contributed by atoms with E-state index in [4.69, 9.17) is 4.74 Å². The SMILES string of the molecule is CNCc1ccccc1N(C)Cc1ccc(OC)cc1. The highest BCUT2D eigenvalue weighted by molar-refractivity contribution is 5.53. The molecule has 3 heteroatoms. The van der Waals surface area contributed by atoms with Crippen LogP contribution in [0.3, 0.4) is 0 Å². The number of hydrogen-bond acceptors (Lipinski definition) is 3. The molecule has 0 aliphatic heterocycles. The van der Waals surface area contributed by atoms with E-state index in [0.717, 1.165) is 18.8 Å². The highest BCUT2D eigenvalue weighted by Gasteiger charge is 2.07. The van der Waals surface area contributed by atoms with E-state index in [9.17, 15) is 0 Å². The molecule has 0 unspecified atom stereocenters. The zero-order valence-electron chi connectivity index (χ0n) is 12.4.